The van der Waals surface area contributed by atoms with E-state index < -0.39 is 0 Å². The molecule has 1 rings (SSSR count). The van der Waals surface area contributed by atoms with Gasteiger partial charge in [-0.05, 0) is 44.6 Å². The Hall–Kier alpha value is -0.120. The average molecular weight is 256 g/mol. The Kier molecular flexibility index (Phi) is 7.87. The number of hydrogen-bond donors (Lipinski definition) is 1. The summed E-state index contributed by atoms with van der Waals surface area (Å²) in [6.07, 6.45) is 5.55. The number of nitrogens with one attached hydrogen (secondary N) is 1. The van der Waals surface area contributed by atoms with E-state index in [1.165, 1.54) is 25.7 Å². The van der Waals surface area contributed by atoms with Gasteiger partial charge in [-0.3, -0.25) is 0 Å². The molecule has 0 radical (unpaired) electrons. The lowest BCUT2D eigenvalue weighted by atomic mass is 9.80. The van der Waals surface area contributed by atoms with E-state index in [0.717, 1.165) is 44.1 Å². The van der Waals surface area contributed by atoms with Gasteiger partial charge in [-0.2, -0.15) is 0 Å². The van der Waals surface area contributed by atoms with Crippen LogP contribution >= 0.6 is 0 Å². The lowest BCUT2D eigenvalue weighted by Gasteiger charge is -2.31. The molecule has 0 aromatic carbocycles. The quantitative estimate of drug-likeness (QED) is 0.721. The fraction of sp³-hybridized carbons (Fsp3) is 1.00. The molecule has 1 saturated carbocycles. The number of hydrogen-bond acceptors (Lipinski definition) is 3. The van der Waals surface area contributed by atoms with E-state index in [0.29, 0.717) is 0 Å². The van der Waals surface area contributed by atoms with Crippen LogP contribution in [0.3, 0.4) is 0 Å². The van der Waals surface area contributed by atoms with E-state index in [4.69, 9.17) is 4.74 Å². The van der Waals surface area contributed by atoms with Crippen LogP contribution in [0.2, 0.25) is 0 Å². The van der Waals surface area contributed by atoms with E-state index >= 15 is 0 Å². The lowest BCUT2D eigenvalue weighted by molar-refractivity contribution is 0.159. The molecule has 1 fully saturated rings. The highest BCUT2D eigenvalue weighted by Gasteiger charge is 2.22. The van der Waals surface area contributed by atoms with Crippen molar-refractivity contribution in [3.63, 3.8) is 0 Å². The molecule has 3 heteroatoms. The summed E-state index contributed by atoms with van der Waals surface area (Å²) in [5, 5.41) is 3.71. The van der Waals surface area contributed by atoms with Crippen molar-refractivity contribution in [3.8, 4) is 0 Å². The molecular weight excluding hydrogens is 224 g/mol. The molecule has 0 heterocycles. The summed E-state index contributed by atoms with van der Waals surface area (Å²) in [5.41, 5.74) is 0. The Morgan fingerprint density at radius 2 is 1.83 bits per heavy atom. The third-order valence-electron chi connectivity index (χ3n) is 4.32. The normalized spacial score (nSPS) is 25.0. The van der Waals surface area contributed by atoms with Gasteiger partial charge in [0.1, 0.15) is 0 Å². The smallest absolute Gasteiger partial charge is 0.0589 e. The van der Waals surface area contributed by atoms with Crippen molar-refractivity contribution in [2.75, 3.05) is 40.4 Å². The van der Waals surface area contributed by atoms with Gasteiger partial charge in [-0.25, -0.2) is 0 Å². The molecule has 0 saturated heterocycles. The molecule has 0 spiro atoms. The van der Waals surface area contributed by atoms with E-state index in [-0.39, 0.29) is 0 Å². The number of likely N-dealkylation sites (N-methyl/N-ethyl adjacent to an activating group) is 1. The summed E-state index contributed by atoms with van der Waals surface area (Å²) in [6, 6.07) is 0.760. The molecule has 0 bridgehead atoms. The molecule has 3 nitrogen and oxygen atoms in total. The van der Waals surface area contributed by atoms with Crippen molar-refractivity contribution >= 4 is 0 Å². The van der Waals surface area contributed by atoms with Crippen LogP contribution in [0.4, 0.5) is 0 Å². The van der Waals surface area contributed by atoms with Gasteiger partial charge in [0, 0.05) is 32.8 Å². The summed E-state index contributed by atoms with van der Waals surface area (Å²) in [7, 11) is 3.93. The zero-order chi connectivity index (χ0) is 13.4. The van der Waals surface area contributed by atoms with Crippen LogP contribution in [-0.2, 0) is 4.74 Å². The first-order valence-electron chi connectivity index (χ1n) is 7.54. The molecule has 0 amide bonds. The predicted octanol–water partition coefficient (Wildman–Crippen LogP) is 2.37. The third-order valence-corrected chi connectivity index (χ3v) is 4.32. The molecule has 0 aromatic heterocycles. The second-order valence-electron chi connectivity index (χ2n) is 6.11. The third kappa shape index (κ3) is 6.17. The molecule has 1 N–H and O–H groups in total. The van der Waals surface area contributed by atoms with Crippen molar-refractivity contribution in [3.05, 3.63) is 0 Å². The lowest BCUT2D eigenvalue weighted by Crippen LogP contribution is -2.39. The van der Waals surface area contributed by atoms with Gasteiger partial charge in [-0.15, -0.1) is 0 Å². The van der Waals surface area contributed by atoms with Gasteiger partial charge in [0.05, 0.1) is 6.61 Å². The summed E-state index contributed by atoms with van der Waals surface area (Å²) in [5.74, 6) is 1.83. The van der Waals surface area contributed by atoms with Gasteiger partial charge in [0.2, 0.25) is 0 Å². The maximum absolute atomic E-state index is 5.08. The van der Waals surface area contributed by atoms with Gasteiger partial charge in [0.15, 0.2) is 0 Å². The first-order valence-corrected chi connectivity index (χ1v) is 7.54. The maximum Gasteiger partial charge on any atom is 0.0589 e. The van der Waals surface area contributed by atoms with Crippen molar-refractivity contribution in [2.45, 2.75) is 45.6 Å². The topological polar surface area (TPSA) is 24.5 Å². The summed E-state index contributed by atoms with van der Waals surface area (Å²) >= 11 is 0. The minimum Gasteiger partial charge on any atom is -0.383 e. The Balaban J connectivity index is 2.04. The number of rotatable bonds is 8. The minimum atomic E-state index is 0.760. The number of ether oxygens (including phenoxy) is 1. The zero-order valence-corrected chi connectivity index (χ0v) is 12.7. The van der Waals surface area contributed by atoms with Crippen LogP contribution in [0.1, 0.15) is 39.5 Å². The average Bonchev–Trinajstić information content (AvgIpc) is 2.37. The van der Waals surface area contributed by atoms with Gasteiger partial charge in [-0.1, -0.05) is 13.8 Å². The molecule has 18 heavy (non-hydrogen) atoms. The molecule has 1 aliphatic carbocycles. The highest BCUT2D eigenvalue weighted by molar-refractivity contribution is 4.78. The van der Waals surface area contributed by atoms with E-state index in [2.05, 4.69) is 31.1 Å². The van der Waals surface area contributed by atoms with Gasteiger partial charge < -0.3 is 15.0 Å². The van der Waals surface area contributed by atoms with Crippen LogP contribution in [0.25, 0.3) is 0 Å². The Labute approximate surface area is 113 Å². The van der Waals surface area contributed by atoms with Crippen LogP contribution in [-0.4, -0.2) is 51.3 Å². The van der Waals surface area contributed by atoms with Gasteiger partial charge in [0.25, 0.3) is 0 Å². The predicted molar refractivity (Wildman–Crippen MR) is 78.0 cm³/mol. The maximum atomic E-state index is 5.08. The van der Waals surface area contributed by atoms with E-state index in [9.17, 15) is 0 Å². The highest BCUT2D eigenvalue weighted by atomic mass is 16.5. The molecule has 108 valence electrons. The first kappa shape index (κ1) is 15.9. The van der Waals surface area contributed by atoms with Crippen LogP contribution < -0.4 is 5.32 Å². The highest BCUT2D eigenvalue weighted by Crippen LogP contribution is 2.29. The number of methoxy groups -OCH3 is 1. The fourth-order valence-corrected chi connectivity index (χ4v) is 2.81. The van der Waals surface area contributed by atoms with Crippen LogP contribution in [0.15, 0.2) is 0 Å². The molecule has 0 atom stereocenters. The standard InChI is InChI=1S/C15H32N2O/c1-13(2)14-5-7-15(8-6-14)16-9-10-17(3)11-12-18-4/h13-16H,5-12H2,1-4H3. The summed E-state index contributed by atoms with van der Waals surface area (Å²) < 4.78 is 5.08. The van der Waals surface area contributed by atoms with Crippen LogP contribution in [0.5, 0.6) is 0 Å². The minimum absolute atomic E-state index is 0.760. The van der Waals surface area contributed by atoms with Crippen molar-refractivity contribution in [2.24, 2.45) is 11.8 Å². The monoisotopic (exact) mass is 256 g/mol. The summed E-state index contributed by atoms with van der Waals surface area (Å²) in [6.45, 7) is 8.81. The summed E-state index contributed by atoms with van der Waals surface area (Å²) in [4.78, 5) is 2.33. The van der Waals surface area contributed by atoms with E-state index in [1.54, 1.807) is 7.11 Å². The Morgan fingerprint density at radius 1 is 1.17 bits per heavy atom. The molecule has 0 aromatic rings. The van der Waals surface area contributed by atoms with Crippen molar-refractivity contribution in [1.82, 2.24) is 10.2 Å². The Bertz CT molecular complexity index is 201. The van der Waals surface area contributed by atoms with Crippen molar-refractivity contribution in [1.29, 1.82) is 0 Å². The number of nitrogens with zero attached hydrogens (tertiary/aromatic N) is 1. The first-order chi connectivity index (χ1) is 8.63. The SMILES string of the molecule is COCCN(C)CCNC1CCC(C(C)C)CC1. The molecule has 1 aliphatic rings. The van der Waals surface area contributed by atoms with Crippen molar-refractivity contribution < 1.29 is 4.74 Å². The zero-order valence-electron chi connectivity index (χ0n) is 12.7. The second-order valence-corrected chi connectivity index (χ2v) is 6.11. The Morgan fingerprint density at radius 3 is 2.39 bits per heavy atom. The van der Waals surface area contributed by atoms with Gasteiger partial charge >= 0.3 is 0 Å². The molecule has 0 unspecified atom stereocenters. The molecular formula is C15H32N2O. The fourth-order valence-electron chi connectivity index (χ4n) is 2.81. The van der Waals surface area contributed by atoms with Crippen LogP contribution in [0, 0.1) is 11.8 Å². The second kappa shape index (κ2) is 8.89. The van der Waals surface area contributed by atoms with E-state index in [1.807, 2.05) is 0 Å². The molecule has 0 aliphatic heterocycles. The largest absolute Gasteiger partial charge is 0.383 e.